The third-order valence-corrected chi connectivity index (χ3v) is 6.29. The second kappa shape index (κ2) is 5.67. The molecule has 2 fully saturated rings. The topological polar surface area (TPSA) is 59.4 Å². The average molecular weight is 315 g/mol. The number of aldehydes is 1. The van der Waals surface area contributed by atoms with Gasteiger partial charge in [0.25, 0.3) is 0 Å². The van der Waals surface area contributed by atoms with Crippen molar-refractivity contribution in [1.82, 2.24) is 4.98 Å². The van der Waals surface area contributed by atoms with Gasteiger partial charge in [-0.15, -0.1) is 0 Å². The van der Waals surface area contributed by atoms with Gasteiger partial charge in [-0.05, 0) is 56.4 Å². The summed E-state index contributed by atoms with van der Waals surface area (Å²) in [6, 6.07) is 0. The van der Waals surface area contributed by atoms with Crippen molar-refractivity contribution in [3.05, 3.63) is 28.1 Å². The van der Waals surface area contributed by atoms with Gasteiger partial charge in [-0.1, -0.05) is 6.42 Å². The van der Waals surface area contributed by atoms with Gasteiger partial charge in [0, 0.05) is 36.0 Å². The van der Waals surface area contributed by atoms with Crippen LogP contribution in [-0.2, 0) is 11.2 Å². The maximum Gasteiger partial charge on any atom is 0.152 e. The number of aliphatic hydroxyl groups is 1. The van der Waals surface area contributed by atoms with Crippen LogP contribution in [0.3, 0.4) is 0 Å². The van der Waals surface area contributed by atoms with E-state index in [1.54, 1.807) is 0 Å². The van der Waals surface area contributed by atoms with Crippen LogP contribution in [0, 0.1) is 12.3 Å². The van der Waals surface area contributed by atoms with Crippen LogP contribution >= 0.6 is 0 Å². The minimum Gasteiger partial charge on any atom is -0.388 e. The molecule has 1 atom stereocenters. The Balaban J connectivity index is 1.80. The summed E-state index contributed by atoms with van der Waals surface area (Å²) in [5, 5.41) is 10.7. The first-order chi connectivity index (χ1) is 11.1. The van der Waals surface area contributed by atoms with E-state index in [0.717, 1.165) is 67.7 Å². The Morgan fingerprint density at radius 2 is 2.04 bits per heavy atom. The second-order valence-electron chi connectivity index (χ2n) is 7.65. The molecule has 0 amide bonds. The maximum atomic E-state index is 11.7. The summed E-state index contributed by atoms with van der Waals surface area (Å²) in [6.45, 7) is 3.47. The Labute approximate surface area is 137 Å². The van der Waals surface area contributed by atoms with E-state index in [4.69, 9.17) is 9.72 Å². The first-order valence-electron chi connectivity index (χ1n) is 8.88. The molecule has 1 aromatic rings. The molecule has 0 aromatic carbocycles. The number of hydrogen-bond acceptors (Lipinski definition) is 4. The maximum absolute atomic E-state index is 11.7. The molecule has 2 aliphatic carbocycles. The fourth-order valence-corrected chi connectivity index (χ4v) is 4.82. The fourth-order valence-electron chi connectivity index (χ4n) is 4.82. The van der Waals surface area contributed by atoms with E-state index >= 15 is 0 Å². The number of carbonyl (C=O) groups is 1. The Morgan fingerprint density at radius 3 is 2.65 bits per heavy atom. The van der Waals surface area contributed by atoms with Crippen LogP contribution in [0.5, 0.6) is 0 Å². The number of nitrogens with zero attached hydrogens (tertiary/aromatic N) is 1. The zero-order chi connectivity index (χ0) is 16.0. The lowest BCUT2D eigenvalue weighted by Crippen LogP contribution is -2.38. The number of hydrogen-bond donors (Lipinski definition) is 1. The van der Waals surface area contributed by atoms with Gasteiger partial charge in [0.15, 0.2) is 6.29 Å². The minimum atomic E-state index is -0.464. The lowest BCUT2D eigenvalue weighted by atomic mass is 9.59. The van der Waals surface area contributed by atoms with Crippen molar-refractivity contribution in [2.45, 2.75) is 63.9 Å². The first-order valence-corrected chi connectivity index (χ1v) is 8.88. The van der Waals surface area contributed by atoms with Gasteiger partial charge < -0.3 is 9.84 Å². The Hall–Kier alpha value is -1.26. The summed E-state index contributed by atoms with van der Waals surface area (Å²) < 4.78 is 5.46. The van der Waals surface area contributed by atoms with Gasteiger partial charge in [-0.2, -0.15) is 0 Å². The summed E-state index contributed by atoms with van der Waals surface area (Å²) in [4.78, 5) is 16.7. The monoisotopic (exact) mass is 315 g/mol. The third kappa shape index (κ3) is 2.43. The number of fused-ring (bicyclic) bond motifs is 1. The lowest BCUT2D eigenvalue weighted by Gasteiger charge is -2.47. The summed E-state index contributed by atoms with van der Waals surface area (Å²) in [5.41, 5.74) is 4.85. The number of rotatable bonds is 2. The minimum absolute atomic E-state index is 0.265. The van der Waals surface area contributed by atoms with Crippen molar-refractivity contribution >= 4 is 6.29 Å². The summed E-state index contributed by atoms with van der Waals surface area (Å²) in [7, 11) is 0. The van der Waals surface area contributed by atoms with Crippen LogP contribution in [0.15, 0.2) is 0 Å². The van der Waals surface area contributed by atoms with E-state index in [9.17, 15) is 9.90 Å². The zero-order valence-corrected chi connectivity index (χ0v) is 13.8. The van der Waals surface area contributed by atoms with Gasteiger partial charge >= 0.3 is 0 Å². The molecule has 2 heterocycles. The normalized spacial score (nSPS) is 26.6. The number of aromatic nitrogens is 1. The number of ether oxygens (including phenoxy) is 1. The molecule has 1 unspecified atom stereocenters. The van der Waals surface area contributed by atoms with Crippen molar-refractivity contribution in [1.29, 1.82) is 0 Å². The molecule has 3 aliphatic rings. The number of carbonyl (C=O) groups excluding carboxylic acids is 1. The highest BCUT2D eigenvalue weighted by Crippen LogP contribution is 2.54. The van der Waals surface area contributed by atoms with Crippen molar-refractivity contribution in [2.24, 2.45) is 5.41 Å². The SMILES string of the molecule is Cc1c(C=O)c(C2CCOCC2)nc2c1C(O)CC1(CCC1)C2. The molecule has 1 saturated carbocycles. The molecule has 0 radical (unpaired) electrons. The molecule has 0 bridgehead atoms. The van der Waals surface area contributed by atoms with Crippen LogP contribution in [0.25, 0.3) is 0 Å². The molecule has 124 valence electrons. The molecule has 23 heavy (non-hydrogen) atoms. The summed E-state index contributed by atoms with van der Waals surface area (Å²) >= 11 is 0. The molecule has 4 rings (SSSR count). The number of aliphatic hydroxyl groups excluding tert-OH is 1. The van der Waals surface area contributed by atoms with Gasteiger partial charge in [-0.3, -0.25) is 9.78 Å². The smallest absolute Gasteiger partial charge is 0.152 e. The van der Waals surface area contributed by atoms with Crippen LogP contribution in [0.2, 0.25) is 0 Å². The van der Waals surface area contributed by atoms with Crippen LogP contribution < -0.4 is 0 Å². The molecule has 4 heteroatoms. The molecule has 1 aliphatic heterocycles. The van der Waals surface area contributed by atoms with E-state index in [1.807, 2.05) is 6.92 Å². The zero-order valence-electron chi connectivity index (χ0n) is 13.8. The van der Waals surface area contributed by atoms with Gasteiger partial charge in [-0.25, -0.2) is 0 Å². The average Bonchev–Trinajstić information content (AvgIpc) is 2.53. The lowest BCUT2D eigenvalue weighted by molar-refractivity contribution is 0.0238. The molecule has 1 aromatic heterocycles. The standard InChI is InChI=1S/C19H25NO3/c1-12-14(11-21)18(13-3-7-23-8-4-13)20-15-9-19(5-2-6-19)10-16(22)17(12)15/h11,13,16,22H,2-10H2,1H3. The Morgan fingerprint density at radius 1 is 1.30 bits per heavy atom. The van der Waals surface area contributed by atoms with Crippen molar-refractivity contribution < 1.29 is 14.6 Å². The molecular formula is C19H25NO3. The van der Waals surface area contributed by atoms with E-state index in [0.29, 0.717) is 11.5 Å². The highest BCUT2D eigenvalue weighted by atomic mass is 16.5. The van der Waals surface area contributed by atoms with Crippen molar-refractivity contribution in [3.63, 3.8) is 0 Å². The third-order valence-electron chi connectivity index (χ3n) is 6.29. The van der Waals surface area contributed by atoms with Crippen LogP contribution in [0.4, 0.5) is 0 Å². The predicted octanol–water partition coefficient (Wildman–Crippen LogP) is 3.25. The molecule has 1 N–H and O–H groups in total. The quantitative estimate of drug-likeness (QED) is 0.851. The number of pyridine rings is 1. The summed E-state index contributed by atoms with van der Waals surface area (Å²) in [6.07, 6.45) is 7.80. The van der Waals surface area contributed by atoms with E-state index in [-0.39, 0.29) is 5.41 Å². The highest BCUT2D eigenvalue weighted by Gasteiger charge is 2.44. The van der Waals surface area contributed by atoms with E-state index < -0.39 is 6.10 Å². The first kappa shape index (κ1) is 15.3. The van der Waals surface area contributed by atoms with Gasteiger partial charge in [0.2, 0.25) is 0 Å². The fraction of sp³-hybridized carbons (Fsp3) is 0.684. The van der Waals surface area contributed by atoms with E-state index in [1.165, 1.54) is 19.3 Å². The van der Waals surface area contributed by atoms with Gasteiger partial charge in [0.1, 0.15) is 0 Å². The van der Waals surface area contributed by atoms with Crippen molar-refractivity contribution in [2.75, 3.05) is 13.2 Å². The largest absolute Gasteiger partial charge is 0.388 e. The molecular weight excluding hydrogens is 290 g/mol. The molecule has 1 spiro atoms. The predicted molar refractivity (Wildman–Crippen MR) is 86.7 cm³/mol. The highest BCUT2D eigenvalue weighted by molar-refractivity contribution is 5.80. The molecule has 4 nitrogen and oxygen atoms in total. The Kier molecular flexibility index (Phi) is 3.77. The summed E-state index contributed by atoms with van der Waals surface area (Å²) in [5.74, 6) is 0.310. The molecule has 1 saturated heterocycles. The Bertz CT molecular complexity index is 630. The van der Waals surface area contributed by atoms with Gasteiger partial charge in [0.05, 0.1) is 11.8 Å². The van der Waals surface area contributed by atoms with Crippen molar-refractivity contribution in [3.8, 4) is 0 Å². The van der Waals surface area contributed by atoms with Crippen LogP contribution in [0.1, 0.15) is 83.4 Å². The van der Waals surface area contributed by atoms with E-state index in [2.05, 4.69) is 0 Å². The van der Waals surface area contributed by atoms with Crippen LogP contribution in [-0.4, -0.2) is 29.6 Å². The second-order valence-corrected chi connectivity index (χ2v) is 7.65.